The fourth-order valence-electron chi connectivity index (χ4n) is 2.69. The third-order valence-electron chi connectivity index (χ3n) is 3.77. The summed E-state index contributed by atoms with van der Waals surface area (Å²) in [5.41, 5.74) is 0.774. The van der Waals surface area contributed by atoms with Crippen molar-refractivity contribution in [2.75, 3.05) is 0 Å². The van der Waals surface area contributed by atoms with Gasteiger partial charge in [0.15, 0.2) is 5.65 Å². The molecule has 0 bridgehead atoms. The van der Waals surface area contributed by atoms with Crippen molar-refractivity contribution in [3.63, 3.8) is 0 Å². The number of aryl methyl sites for hydroxylation is 2. The standard InChI is InChI=1S/C16H13F4N3O/c1-8-12(7-16(18,19)20)15(24)23-14(21-8)13(9(2)22-23)10-3-5-11(17)6-4-10/h3-6,22H,7H2,1-2H3. The molecule has 0 unspecified atom stereocenters. The lowest BCUT2D eigenvalue weighted by Crippen LogP contribution is -2.26. The van der Waals surface area contributed by atoms with E-state index in [0.717, 1.165) is 4.52 Å². The summed E-state index contributed by atoms with van der Waals surface area (Å²) in [6.07, 6.45) is -5.83. The van der Waals surface area contributed by atoms with E-state index in [4.69, 9.17) is 0 Å². The van der Waals surface area contributed by atoms with Gasteiger partial charge in [-0.3, -0.25) is 9.89 Å². The van der Waals surface area contributed by atoms with Crippen LogP contribution in [-0.4, -0.2) is 20.8 Å². The second-order valence-corrected chi connectivity index (χ2v) is 5.55. The molecule has 0 radical (unpaired) electrons. The van der Waals surface area contributed by atoms with E-state index in [-0.39, 0.29) is 11.3 Å². The number of hydrogen-bond donors (Lipinski definition) is 1. The molecule has 0 aliphatic rings. The van der Waals surface area contributed by atoms with Crippen molar-refractivity contribution < 1.29 is 17.6 Å². The number of benzene rings is 1. The number of nitrogens with zero attached hydrogens (tertiary/aromatic N) is 2. The third-order valence-corrected chi connectivity index (χ3v) is 3.77. The maximum atomic E-state index is 13.1. The summed E-state index contributed by atoms with van der Waals surface area (Å²) in [6.45, 7) is 3.05. The van der Waals surface area contributed by atoms with Gasteiger partial charge in [-0.25, -0.2) is 13.9 Å². The van der Waals surface area contributed by atoms with E-state index in [9.17, 15) is 22.4 Å². The molecule has 8 heteroatoms. The Labute approximate surface area is 133 Å². The van der Waals surface area contributed by atoms with Crippen LogP contribution in [0.5, 0.6) is 0 Å². The topological polar surface area (TPSA) is 50.2 Å². The maximum absolute atomic E-state index is 13.1. The zero-order chi connectivity index (χ0) is 17.6. The van der Waals surface area contributed by atoms with Gasteiger partial charge >= 0.3 is 6.18 Å². The summed E-state index contributed by atoms with van der Waals surface area (Å²) < 4.78 is 52.1. The van der Waals surface area contributed by atoms with E-state index in [1.165, 1.54) is 31.2 Å². The number of H-pyrrole nitrogens is 1. The third kappa shape index (κ3) is 2.79. The van der Waals surface area contributed by atoms with Crippen molar-refractivity contribution in [3.8, 4) is 11.1 Å². The van der Waals surface area contributed by atoms with Gasteiger partial charge in [0.25, 0.3) is 5.56 Å². The predicted octanol–water partition coefficient (Wildman–Crippen LogP) is 3.55. The molecule has 2 heterocycles. The lowest BCUT2D eigenvalue weighted by molar-refractivity contribution is -0.127. The Morgan fingerprint density at radius 1 is 1.17 bits per heavy atom. The van der Waals surface area contributed by atoms with Crippen molar-refractivity contribution in [1.29, 1.82) is 0 Å². The molecule has 0 saturated heterocycles. The van der Waals surface area contributed by atoms with Crippen molar-refractivity contribution in [3.05, 3.63) is 57.4 Å². The molecule has 4 nitrogen and oxygen atoms in total. The highest BCUT2D eigenvalue weighted by Crippen LogP contribution is 2.28. The highest BCUT2D eigenvalue weighted by molar-refractivity contribution is 5.79. The highest BCUT2D eigenvalue weighted by atomic mass is 19.4. The summed E-state index contributed by atoms with van der Waals surface area (Å²) in [5.74, 6) is -0.412. The summed E-state index contributed by atoms with van der Waals surface area (Å²) in [6, 6.07) is 5.58. The largest absolute Gasteiger partial charge is 0.393 e. The molecule has 0 saturated carbocycles. The lowest BCUT2D eigenvalue weighted by atomic mass is 10.1. The smallest absolute Gasteiger partial charge is 0.293 e. The van der Waals surface area contributed by atoms with E-state index >= 15 is 0 Å². The van der Waals surface area contributed by atoms with Gasteiger partial charge in [0.1, 0.15) is 5.82 Å². The first-order chi connectivity index (χ1) is 11.2. The number of alkyl halides is 3. The molecule has 3 aromatic rings. The molecule has 24 heavy (non-hydrogen) atoms. The average Bonchev–Trinajstić information content (AvgIpc) is 2.80. The first-order valence-corrected chi connectivity index (χ1v) is 7.11. The summed E-state index contributed by atoms with van der Waals surface area (Å²) in [4.78, 5) is 16.6. The summed E-state index contributed by atoms with van der Waals surface area (Å²) in [7, 11) is 0. The zero-order valence-corrected chi connectivity index (χ0v) is 12.8. The monoisotopic (exact) mass is 339 g/mol. The molecule has 0 fully saturated rings. The molecule has 2 aromatic heterocycles. The minimum atomic E-state index is -4.50. The molecule has 1 N–H and O–H groups in total. The van der Waals surface area contributed by atoms with Gasteiger partial charge in [-0.1, -0.05) is 12.1 Å². The molecule has 0 aliphatic carbocycles. The summed E-state index contributed by atoms with van der Waals surface area (Å²) >= 11 is 0. The van der Waals surface area contributed by atoms with Crippen LogP contribution in [-0.2, 0) is 6.42 Å². The quantitative estimate of drug-likeness (QED) is 0.726. The van der Waals surface area contributed by atoms with Crippen LogP contribution in [0.25, 0.3) is 16.8 Å². The van der Waals surface area contributed by atoms with Gasteiger partial charge in [-0.2, -0.15) is 13.2 Å². The van der Waals surface area contributed by atoms with E-state index in [1.54, 1.807) is 6.92 Å². The van der Waals surface area contributed by atoms with Crippen molar-refractivity contribution in [1.82, 2.24) is 14.6 Å². The van der Waals surface area contributed by atoms with Crippen LogP contribution in [0.3, 0.4) is 0 Å². The molecular weight excluding hydrogens is 326 g/mol. The Morgan fingerprint density at radius 3 is 2.38 bits per heavy atom. The Kier molecular flexibility index (Phi) is 3.70. The van der Waals surface area contributed by atoms with Gasteiger partial charge in [0, 0.05) is 22.5 Å². The number of aromatic amines is 1. The van der Waals surface area contributed by atoms with E-state index in [1.807, 2.05) is 0 Å². The molecule has 0 spiro atoms. The first kappa shape index (κ1) is 16.2. The van der Waals surface area contributed by atoms with Gasteiger partial charge in [0.2, 0.25) is 0 Å². The Bertz CT molecular complexity index is 968. The number of halogens is 4. The average molecular weight is 339 g/mol. The van der Waals surface area contributed by atoms with Crippen LogP contribution in [0.1, 0.15) is 17.0 Å². The Morgan fingerprint density at radius 2 is 1.79 bits per heavy atom. The minimum absolute atomic E-state index is 0.0275. The van der Waals surface area contributed by atoms with Crippen LogP contribution in [0.4, 0.5) is 17.6 Å². The van der Waals surface area contributed by atoms with E-state index < -0.39 is 29.5 Å². The number of aromatic nitrogens is 3. The fourth-order valence-corrected chi connectivity index (χ4v) is 2.69. The number of rotatable bonds is 2. The zero-order valence-electron chi connectivity index (χ0n) is 12.8. The van der Waals surface area contributed by atoms with Crippen molar-refractivity contribution >= 4 is 5.65 Å². The normalized spacial score (nSPS) is 12.1. The van der Waals surface area contributed by atoms with Crippen LogP contribution in [0, 0.1) is 19.7 Å². The van der Waals surface area contributed by atoms with E-state index in [2.05, 4.69) is 10.1 Å². The van der Waals surface area contributed by atoms with Gasteiger partial charge < -0.3 is 0 Å². The second-order valence-electron chi connectivity index (χ2n) is 5.55. The Balaban J connectivity index is 2.26. The minimum Gasteiger partial charge on any atom is -0.293 e. The predicted molar refractivity (Wildman–Crippen MR) is 80.4 cm³/mol. The number of nitrogens with one attached hydrogen (secondary N) is 1. The molecule has 0 aliphatic heterocycles. The first-order valence-electron chi connectivity index (χ1n) is 7.11. The van der Waals surface area contributed by atoms with Crippen LogP contribution in [0.15, 0.2) is 29.1 Å². The van der Waals surface area contributed by atoms with Crippen LogP contribution >= 0.6 is 0 Å². The van der Waals surface area contributed by atoms with Gasteiger partial charge in [0.05, 0.1) is 6.42 Å². The van der Waals surface area contributed by atoms with Crippen molar-refractivity contribution in [2.45, 2.75) is 26.4 Å². The highest BCUT2D eigenvalue weighted by Gasteiger charge is 2.31. The SMILES string of the molecule is Cc1nc2c(-c3ccc(F)cc3)c(C)[nH]n2c(=O)c1CC(F)(F)F. The van der Waals surface area contributed by atoms with Crippen LogP contribution in [0.2, 0.25) is 0 Å². The van der Waals surface area contributed by atoms with Crippen molar-refractivity contribution in [2.24, 2.45) is 0 Å². The molecule has 1 aromatic carbocycles. The Hall–Kier alpha value is -2.64. The number of hydrogen-bond acceptors (Lipinski definition) is 2. The summed E-state index contributed by atoms with van der Waals surface area (Å²) in [5, 5.41) is 2.74. The molecule has 3 rings (SSSR count). The van der Waals surface area contributed by atoms with Gasteiger partial charge in [-0.15, -0.1) is 0 Å². The molecular formula is C16H13F4N3O. The maximum Gasteiger partial charge on any atom is 0.393 e. The van der Waals surface area contributed by atoms with Crippen LogP contribution < -0.4 is 5.56 Å². The van der Waals surface area contributed by atoms with Gasteiger partial charge in [-0.05, 0) is 31.5 Å². The molecule has 0 atom stereocenters. The lowest BCUT2D eigenvalue weighted by Gasteiger charge is -2.09. The van der Waals surface area contributed by atoms with E-state index in [0.29, 0.717) is 16.8 Å². The second kappa shape index (κ2) is 5.47. The fraction of sp³-hybridized carbons (Fsp3) is 0.250. The molecule has 0 amide bonds. The molecule has 126 valence electrons. The number of fused-ring (bicyclic) bond motifs is 1.